The standard InChI is InChI=1S/C15H24N2/c1-5-8-13-14(15(13,3)17-4)10-7-9-12(6-2)11-16/h7,10-12,16H,4-6,8-9H2,1-3H3/b10-7-,16-11?. The number of hydrogen-bond donors (Lipinski definition) is 1. The first-order chi connectivity index (χ1) is 8.13. The highest BCUT2D eigenvalue weighted by molar-refractivity contribution is 5.63. The van der Waals surface area contributed by atoms with E-state index in [1.807, 2.05) is 0 Å². The molecule has 0 amide bonds. The number of hydrogen-bond acceptors (Lipinski definition) is 2. The molecule has 0 saturated carbocycles. The summed E-state index contributed by atoms with van der Waals surface area (Å²) in [6.45, 7) is 10.1. The molecule has 1 N–H and O–H groups in total. The molecule has 2 unspecified atom stereocenters. The summed E-state index contributed by atoms with van der Waals surface area (Å²) in [5.41, 5.74) is 2.70. The van der Waals surface area contributed by atoms with Crippen molar-refractivity contribution in [1.29, 1.82) is 5.41 Å². The van der Waals surface area contributed by atoms with Crippen LogP contribution in [0.5, 0.6) is 0 Å². The van der Waals surface area contributed by atoms with E-state index in [4.69, 9.17) is 5.41 Å². The predicted molar refractivity (Wildman–Crippen MR) is 76.2 cm³/mol. The Bertz CT molecular complexity index is 352. The Morgan fingerprint density at radius 3 is 2.65 bits per heavy atom. The lowest BCUT2D eigenvalue weighted by Crippen LogP contribution is -2.04. The molecular weight excluding hydrogens is 208 g/mol. The zero-order valence-electron chi connectivity index (χ0n) is 11.3. The van der Waals surface area contributed by atoms with E-state index in [0.29, 0.717) is 5.92 Å². The van der Waals surface area contributed by atoms with Crippen molar-refractivity contribution < 1.29 is 0 Å². The third-order valence-corrected chi connectivity index (χ3v) is 3.67. The minimum atomic E-state index is -0.0844. The van der Waals surface area contributed by atoms with Crippen molar-refractivity contribution in [3.63, 3.8) is 0 Å². The average Bonchev–Trinajstić information content (AvgIpc) is 2.91. The lowest BCUT2D eigenvalue weighted by molar-refractivity contribution is 0.687. The highest BCUT2D eigenvalue weighted by Crippen LogP contribution is 2.50. The second-order valence-electron chi connectivity index (χ2n) is 4.85. The van der Waals surface area contributed by atoms with Crippen molar-refractivity contribution >= 4 is 12.9 Å². The molecule has 0 bridgehead atoms. The van der Waals surface area contributed by atoms with Crippen molar-refractivity contribution in [3.8, 4) is 0 Å². The molecule has 0 radical (unpaired) electrons. The van der Waals surface area contributed by atoms with Gasteiger partial charge >= 0.3 is 0 Å². The van der Waals surface area contributed by atoms with Crippen LogP contribution in [0.4, 0.5) is 0 Å². The van der Waals surface area contributed by atoms with E-state index in [9.17, 15) is 0 Å². The quantitative estimate of drug-likeness (QED) is 0.610. The zero-order chi connectivity index (χ0) is 12.9. The molecule has 0 fully saturated rings. The van der Waals surface area contributed by atoms with Crippen molar-refractivity contribution in [2.75, 3.05) is 0 Å². The summed E-state index contributed by atoms with van der Waals surface area (Å²) in [4.78, 5) is 4.23. The van der Waals surface area contributed by atoms with Crippen molar-refractivity contribution in [3.05, 3.63) is 23.3 Å². The minimum Gasteiger partial charge on any atom is -0.313 e. The Labute approximate surface area is 105 Å². The van der Waals surface area contributed by atoms with Gasteiger partial charge in [-0.15, -0.1) is 0 Å². The maximum absolute atomic E-state index is 7.28. The van der Waals surface area contributed by atoms with Crippen LogP contribution < -0.4 is 0 Å². The summed E-state index contributed by atoms with van der Waals surface area (Å²) in [5, 5.41) is 7.28. The van der Waals surface area contributed by atoms with E-state index in [2.05, 4.69) is 44.6 Å². The minimum absolute atomic E-state index is 0.0844. The largest absolute Gasteiger partial charge is 0.313 e. The van der Waals surface area contributed by atoms with Gasteiger partial charge in [0.15, 0.2) is 0 Å². The zero-order valence-corrected chi connectivity index (χ0v) is 11.3. The molecule has 2 atom stereocenters. The highest BCUT2D eigenvalue weighted by atomic mass is 14.9. The Balaban J connectivity index is 2.58. The second-order valence-corrected chi connectivity index (χ2v) is 4.85. The van der Waals surface area contributed by atoms with Crippen LogP contribution in [0, 0.1) is 11.3 Å². The first-order valence-corrected chi connectivity index (χ1v) is 6.53. The molecule has 0 aromatic heterocycles. The Morgan fingerprint density at radius 2 is 2.18 bits per heavy atom. The Morgan fingerprint density at radius 1 is 1.47 bits per heavy atom. The first kappa shape index (κ1) is 13.9. The van der Waals surface area contributed by atoms with Crippen LogP contribution in [0.3, 0.4) is 0 Å². The van der Waals surface area contributed by atoms with Crippen LogP contribution in [-0.2, 0) is 0 Å². The van der Waals surface area contributed by atoms with E-state index in [1.165, 1.54) is 11.1 Å². The van der Waals surface area contributed by atoms with Crippen LogP contribution >= 0.6 is 0 Å². The molecule has 0 aliphatic heterocycles. The summed E-state index contributed by atoms with van der Waals surface area (Å²) < 4.78 is 0. The van der Waals surface area contributed by atoms with Crippen LogP contribution in [0.25, 0.3) is 0 Å². The summed E-state index contributed by atoms with van der Waals surface area (Å²) >= 11 is 0. The molecule has 0 heterocycles. The Hall–Kier alpha value is -1.18. The molecule has 1 aliphatic carbocycles. The molecule has 94 valence electrons. The van der Waals surface area contributed by atoms with Gasteiger partial charge in [0.25, 0.3) is 0 Å². The van der Waals surface area contributed by atoms with E-state index >= 15 is 0 Å². The fourth-order valence-electron chi connectivity index (χ4n) is 2.24. The van der Waals surface area contributed by atoms with Gasteiger partial charge in [0.05, 0.1) is 0 Å². The lowest BCUT2D eigenvalue weighted by atomic mass is 10.0. The third kappa shape index (κ3) is 2.93. The monoisotopic (exact) mass is 232 g/mol. The fraction of sp³-hybridized carbons (Fsp3) is 0.600. The van der Waals surface area contributed by atoms with Crippen molar-refractivity contribution in [2.45, 2.75) is 52.0 Å². The van der Waals surface area contributed by atoms with Gasteiger partial charge in [-0.05, 0) is 56.2 Å². The Kier molecular flexibility index (Phi) is 4.86. The SMILES string of the molecule is C=NC1(C)C(/C=C\CC(C=N)CC)=C1CCC. The van der Waals surface area contributed by atoms with E-state index < -0.39 is 0 Å². The van der Waals surface area contributed by atoms with Gasteiger partial charge in [-0.1, -0.05) is 32.4 Å². The molecule has 0 aromatic rings. The predicted octanol–water partition coefficient (Wildman–Crippen LogP) is 4.18. The van der Waals surface area contributed by atoms with Gasteiger partial charge in [-0.2, -0.15) is 0 Å². The van der Waals surface area contributed by atoms with Gasteiger partial charge in [-0.3, -0.25) is 4.99 Å². The summed E-state index contributed by atoms with van der Waals surface area (Å²) in [7, 11) is 0. The number of aliphatic imine (C=N–C) groups is 1. The average molecular weight is 232 g/mol. The van der Waals surface area contributed by atoms with Crippen LogP contribution in [-0.4, -0.2) is 18.5 Å². The van der Waals surface area contributed by atoms with Crippen molar-refractivity contribution in [2.24, 2.45) is 10.9 Å². The van der Waals surface area contributed by atoms with Crippen molar-refractivity contribution in [1.82, 2.24) is 0 Å². The van der Waals surface area contributed by atoms with E-state index in [0.717, 1.165) is 25.7 Å². The molecule has 17 heavy (non-hydrogen) atoms. The molecule has 0 saturated heterocycles. The molecule has 2 heteroatoms. The molecular formula is C15H24N2. The number of nitrogens with one attached hydrogen (secondary N) is 1. The summed E-state index contributed by atoms with van der Waals surface area (Å²) in [6.07, 6.45) is 10.2. The normalized spacial score (nSPS) is 25.1. The van der Waals surface area contributed by atoms with Crippen LogP contribution in [0.1, 0.15) is 46.5 Å². The van der Waals surface area contributed by atoms with Gasteiger partial charge in [-0.25, -0.2) is 0 Å². The van der Waals surface area contributed by atoms with Crippen LogP contribution in [0.2, 0.25) is 0 Å². The molecule has 0 spiro atoms. The molecule has 0 aromatic carbocycles. The van der Waals surface area contributed by atoms with Gasteiger partial charge < -0.3 is 5.41 Å². The van der Waals surface area contributed by atoms with Gasteiger partial charge in [0.2, 0.25) is 0 Å². The topological polar surface area (TPSA) is 36.2 Å². The third-order valence-electron chi connectivity index (χ3n) is 3.67. The molecule has 1 rings (SSSR count). The fourth-order valence-corrected chi connectivity index (χ4v) is 2.24. The van der Waals surface area contributed by atoms with E-state index in [-0.39, 0.29) is 5.54 Å². The lowest BCUT2D eigenvalue weighted by Gasteiger charge is -2.05. The number of nitrogens with zero attached hydrogens (tertiary/aromatic N) is 1. The highest BCUT2D eigenvalue weighted by Gasteiger charge is 2.45. The maximum Gasteiger partial charge on any atom is 0.104 e. The maximum atomic E-state index is 7.28. The van der Waals surface area contributed by atoms with Crippen LogP contribution in [0.15, 0.2) is 28.3 Å². The van der Waals surface area contributed by atoms with Gasteiger partial charge in [0.1, 0.15) is 5.54 Å². The number of allylic oxidation sites excluding steroid dienone is 1. The first-order valence-electron chi connectivity index (χ1n) is 6.53. The number of rotatable bonds is 8. The molecule has 2 nitrogen and oxygen atoms in total. The summed E-state index contributed by atoms with van der Waals surface area (Å²) in [5.74, 6) is 0.378. The van der Waals surface area contributed by atoms with Gasteiger partial charge in [0, 0.05) is 0 Å². The smallest absolute Gasteiger partial charge is 0.104 e. The second kappa shape index (κ2) is 5.95. The summed E-state index contributed by atoms with van der Waals surface area (Å²) in [6, 6.07) is 0. The molecule has 1 aliphatic rings. The van der Waals surface area contributed by atoms with E-state index in [1.54, 1.807) is 6.21 Å².